The maximum absolute atomic E-state index is 14.0. The number of hydrogen-bond acceptors (Lipinski definition) is 7. The number of imide groups is 1. The van der Waals surface area contributed by atoms with Crippen LogP contribution in [-0.2, 0) is 23.0 Å². The van der Waals surface area contributed by atoms with Gasteiger partial charge in [-0.3, -0.25) is 19.2 Å². The Hall–Kier alpha value is -5.81. The van der Waals surface area contributed by atoms with E-state index in [-0.39, 0.29) is 22.6 Å². The van der Waals surface area contributed by atoms with Crippen LogP contribution in [-0.4, -0.2) is 53.6 Å². The van der Waals surface area contributed by atoms with E-state index in [1.165, 1.54) is 23.2 Å². The van der Waals surface area contributed by atoms with E-state index in [2.05, 4.69) is 9.71 Å². The fourth-order valence-electron chi connectivity index (χ4n) is 5.74. The topological polar surface area (TPSA) is 123 Å². The van der Waals surface area contributed by atoms with Gasteiger partial charge in [0.05, 0.1) is 35.1 Å². The van der Waals surface area contributed by atoms with E-state index in [4.69, 9.17) is 9.84 Å². The highest BCUT2D eigenvalue weighted by Crippen LogP contribution is 2.37. The summed E-state index contributed by atoms with van der Waals surface area (Å²) in [5, 5.41) is 5.34. The largest absolute Gasteiger partial charge is 0.497 e. The van der Waals surface area contributed by atoms with Gasteiger partial charge in [0, 0.05) is 24.0 Å². The molecule has 1 N–H and O–H groups in total. The average molecular weight is 644 g/mol. The molecule has 2 amide bonds. The lowest BCUT2D eigenvalue weighted by atomic mass is 10.0. The summed E-state index contributed by atoms with van der Waals surface area (Å²) < 4.78 is 35.8. The van der Waals surface area contributed by atoms with Crippen molar-refractivity contribution >= 4 is 38.6 Å². The van der Waals surface area contributed by atoms with Gasteiger partial charge in [0.25, 0.3) is 21.8 Å². The van der Waals surface area contributed by atoms with Crippen LogP contribution < -0.4 is 9.46 Å². The lowest BCUT2D eigenvalue weighted by Gasteiger charge is -2.13. The number of carbonyl (C=O) groups excluding carboxylic acids is 2. The standard InChI is InChI=1S/C36H29N5O5S/c1-46-28-17-15-25(16-18-28)23-41-34-32(31-30(22-37-34)35(42)40(36(31)43)20-19-24-9-4-2-5-10-24)33(38-41)26-11-8-12-27(21-26)39-47(44,45)29-13-6-3-7-14-29/h2-18,21-22,39H,19-20,23H2,1H3. The van der Waals surface area contributed by atoms with Crippen LogP contribution in [0.2, 0.25) is 0 Å². The second-order valence-corrected chi connectivity index (χ2v) is 12.8. The molecule has 0 radical (unpaired) electrons. The Morgan fingerprint density at radius 1 is 0.809 bits per heavy atom. The third kappa shape index (κ3) is 5.72. The summed E-state index contributed by atoms with van der Waals surface area (Å²) in [6.07, 6.45) is 1.96. The zero-order valence-electron chi connectivity index (χ0n) is 25.3. The number of sulfonamides is 1. The van der Waals surface area contributed by atoms with Crippen molar-refractivity contribution in [2.24, 2.45) is 0 Å². The van der Waals surface area contributed by atoms with Crippen molar-refractivity contribution in [1.29, 1.82) is 0 Å². The van der Waals surface area contributed by atoms with Gasteiger partial charge in [0.15, 0.2) is 5.65 Å². The van der Waals surface area contributed by atoms with Crippen molar-refractivity contribution in [2.75, 3.05) is 18.4 Å². The predicted octanol–water partition coefficient (Wildman–Crippen LogP) is 5.79. The first-order valence-electron chi connectivity index (χ1n) is 14.9. The molecule has 3 heterocycles. The second kappa shape index (κ2) is 12.2. The number of ether oxygens (including phenoxy) is 1. The number of nitrogens with one attached hydrogen (secondary N) is 1. The normalized spacial score (nSPS) is 12.8. The molecular weight excluding hydrogens is 614 g/mol. The summed E-state index contributed by atoms with van der Waals surface area (Å²) in [7, 11) is -2.26. The van der Waals surface area contributed by atoms with Gasteiger partial charge in [-0.25, -0.2) is 18.1 Å². The quantitative estimate of drug-likeness (QED) is 0.187. The molecule has 0 fully saturated rings. The van der Waals surface area contributed by atoms with E-state index in [1.807, 2.05) is 54.6 Å². The van der Waals surface area contributed by atoms with Crippen molar-refractivity contribution in [1.82, 2.24) is 19.7 Å². The number of rotatable bonds is 10. The summed E-state index contributed by atoms with van der Waals surface area (Å²) in [6, 6.07) is 32.1. The van der Waals surface area contributed by atoms with Crippen LogP contribution in [0.3, 0.4) is 0 Å². The summed E-state index contributed by atoms with van der Waals surface area (Å²) in [4.78, 5) is 33.6. The fourth-order valence-corrected chi connectivity index (χ4v) is 6.82. The number of fused-ring (bicyclic) bond motifs is 3. The number of carbonyl (C=O) groups is 2. The molecule has 4 aromatic carbocycles. The van der Waals surface area contributed by atoms with Gasteiger partial charge in [0.1, 0.15) is 11.4 Å². The van der Waals surface area contributed by atoms with E-state index in [1.54, 1.807) is 54.3 Å². The summed E-state index contributed by atoms with van der Waals surface area (Å²) >= 11 is 0. The van der Waals surface area contributed by atoms with Crippen molar-refractivity contribution < 1.29 is 22.7 Å². The first kappa shape index (κ1) is 29.9. The lowest BCUT2D eigenvalue weighted by molar-refractivity contribution is 0.0656. The molecule has 0 bridgehead atoms. The van der Waals surface area contributed by atoms with Crippen LogP contribution in [0.15, 0.2) is 120 Å². The second-order valence-electron chi connectivity index (χ2n) is 11.1. The molecule has 11 heteroatoms. The first-order valence-corrected chi connectivity index (χ1v) is 16.4. The molecule has 0 saturated heterocycles. The van der Waals surface area contributed by atoms with Crippen molar-refractivity contribution in [2.45, 2.75) is 17.9 Å². The van der Waals surface area contributed by atoms with E-state index in [0.29, 0.717) is 46.7 Å². The van der Waals surface area contributed by atoms with Crippen LogP contribution >= 0.6 is 0 Å². The highest BCUT2D eigenvalue weighted by atomic mass is 32.2. The van der Waals surface area contributed by atoms with Gasteiger partial charge in [-0.15, -0.1) is 0 Å². The minimum Gasteiger partial charge on any atom is -0.497 e. The molecule has 47 heavy (non-hydrogen) atoms. The van der Waals surface area contributed by atoms with Gasteiger partial charge in [-0.1, -0.05) is 72.8 Å². The van der Waals surface area contributed by atoms with Crippen LogP contribution in [0, 0.1) is 0 Å². The highest BCUT2D eigenvalue weighted by molar-refractivity contribution is 7.92. The van der Waals surface area contributed by atoms with Crippen LogP contribution in [0.5, 0.6) is 5.75 Å². The Morgan fingerprint density at radius 3 is 2.26 bits per heavy atom. The predicted molar refractivity (Wildman–Crippen MR) is 178 cm³/mol. The molecule has 0 aliphatic carbocycles. The van der Waals surface area contributed by atoms with Crippen LogP contribution in [0.25, 0.3) is 22.3 Å². The molecule has 2 aromatic heterocycles. The molecule has 10 nitrogen and oxygen atoms in total. The van der Waals surface area contributed by atoms with Crippen LogP contribution in [0.1, 0.15) is 31.8 Å². The van der Waals surface area contributed by atoms with E-state index in [0.717, 1.165) is 11.1 Å². The number of methoxy groups -OCH3 is 1. The van der Waals surface area contributed by atoms with Crippen LogP contribution in [0.4, 0.5) is 5.69 Å². The van der Waals surface area contributed by atoms with Gasteiger partial charge in [0.2, 0.25) is 0 Å². The number of hydrogen-bond donors (Lipinski definition) is 1. The summed E-state index contributed by atoms with van der Waals surface area (Å²) in [5.41, 5.74) is 4.07. The molecule has 0 saturated carbocycles. The average Bonchev–Trinajstić information content (AvgIpc) is 3.58. The maximum atomic E-state index is 14.0. The number of amides is 2. The molecule has 0 unspecified atom stereocenters. The van der Waals surface area contributed by atoms with E-state index in [9.17, 15) is 18.0 Å². The van der Waals surface area contributed by atoms with Gasteiger partial charge in [-0.05, 0) is 53.9 Å². The smallest absolute Gasteiger partial charge is 0.263 e. The zero-order chi connectivity index (χ0) is 32.5. The molecule has 1 aliphatic rings. The molecule has 234 valence electrons. The Bertz CT molecular complexity index is 2240. The molecular formula is C36H29N5O5S. The SMILES string of the molecule is COc1ccc(Cn2nc(-c3cccc(NS(=O)(=O)c4ccccc4)c3)c3c4c(cnc32)C(=O)N(CCc2ccccc2)C4=O)cc1. The number of benzene rings is 4. The number of nitrogens with zero attached hydrogens (tertiary/aromatic N) is 4. The minimum absolute atomic E-state index is 0.126. The molecule has 0 atom stereocenters. The zero-order valence-corrected chi connectivity index (χ0v) is 26.1. The monoisotopic (exact) mass is 643 g/mol. The fraction of sp³-hybridized carbons (Fsp3) is 0.111. The third-order valence-corrected chi connectivity index (χ3v) is 9.49. The Labute approximate surface area is 271 Å². The maximum Gasteiger partial charge on any atom is 0.263 e. The van der Waals surface area contributed by atoms with Gasteiger partial charge >= 0.3 is 0 Å². The van der Waals surface area contributed by atoms with E-state index >= 15 is 0 Å². The number of pyridine rings is 1. The third-order valence-electron chi connectivity index (χ3n) is 8.10. The Balaban J connectivity index is 1.32. The Morgan fingerprint density at radius 2 is 1.53 bits per heavy atom. The van der Waals surface area contributed by atoms with E-state index < -0.39 is 21.8 Å². The molecule has 6 aromatic rings. The summed E-state index contributed by atoms with van der Waals surface area (Å²) in [6.45, 7) is 0.538. The first-order chi connectivity index (χ1) is 22.8. The lowest BCUT2D eigenvalue weighted by Crippen LogP contribution is -2.31. The molecule has 7 rings (SSSR count). The van der Waals surface area contributed by atoms with Gasteiger partial charge < -0.3 is 4.74 Å². The highest BCUT2D eigenvalue weighted by Gasteiger charge is 2.39. The molecule has 0 spiro atoms. The van der Waals surface area contributed by atoms with Crippen molar-refractivity contribution in [3.05, 3.63) is 138 Å². The van der Waals surface area contributed by atoms with Crippen molar-refractivity contribution in [3.63, 3.8) is 0 Å². The minimum atomic E-state index is -3.86. The molecule has 1 aliphatic heterocycles. The number of aromatic nitrogens is 3. The Kier molecular flexibility index (Phi) is 7.74. The summed E-state index contributed by atoms with van der Waals surface area (Å²) in [5.74, 6) is -0.113. The van der Waals surface area contributed by atoms with Crippen molar-refractivity contribution in [3.8, 4) is 17.0 Å². The number of anilines is 1. The van der Waals surface area contributed by atoms with Gasteiger partial charge in [-0.2, -0.15) is 5.10 Å².